The highest BCUT2D eigenvalue weighted by molar-refractivity contribution is 5.93. The van der Waals surface area contributed by atoms with E-state index in [1.165, 1.54) is 0 Å². The monoisotopic (exact) mass is 320 g/mol. The standard InChI is InChI=1S/C15H24N6O2/c1-12(22)20-6-8-21(9-7-20)14(23)13-10-17-15(18-11-13)16-4-5-19(2)3/h10-11H,4-9H2,1-3H3,(H,16,17,18). The van der Waals surface area contributed by atoms with Crippen LogP contribution in [0.25, 0.3) is 0 Å². The lowest BCUT2D eigenvalue weighted by molar-refractivity contribution is -0.130. The molecule has 1 aromatic heterocycles. The van der Waals surface area contributed by atoms with Gasteiger partial charge in [0, 0.05) is 58.6 Å². The number of nitrogens with one attached hydrogen (secondary N) is 1. The first kappa shape index (κ1) is 17.1. The third-order valence-electron chi connectivity index (χ3n) is 3.75. The first-order chi connectivity index (χ1) is 11.0. The Morgan fingerprint density at radius 3 is 2.22 bits per heavy atom. The Balaban J connectivity index is 1.87. The first-order valence-corrected chi connectivity index (χ1v) is 7.73. The van der Waals surface area contributed by atoms with Crippen molar-refractivity contribution in [2.75, 3.05) is 58.7 Å². The van der Waals surface area contributed by atoms with E-state index < -0.39 is 0 Å². The molecular formula is C15H24N6O2. The van der Waals surface area contributed by atoms with E-state index in [4.69, 9.17) is 0 Å². The van der Waals surface area contributed by atoms with Crippen LogP contribution in [-0.2, 0) is 4.79 Å². The molecule has 2 rings (SSSR count). The molecule has 8 heteroatoms. The van der Waals surface area contributed by atoms with E-state index in [1.807, 2.05) is 14.1 Å². The van der Waals surface area contributed by atoms with E-state index in [9.17, 15) is 9.59 Å². The molecule has 0 radical (unpaired) electrons. The molecule has 1 N–H and O–H groups in total. The molecule has 0 unspecified atom stereocenters. The van der Waals surface area contributed by atoms with Crippen molar-refractivity contribution in [3.05, 3.63) is 18.0 Å². The highest BCUT2D eigenvalue weighted by Crippen LogP contribution is 2.08. The van der Waals surface area contributed by atoms with E-state index in [0.717, 1.165) is 13.1 Å². The smallest absolute Gasteiger partial charge is 0.257 e. The SMILES string of the molecule is CC(=O)N1CCN(C(=O)c2cnc(NCCN(C)C)nc2)CC1. The Hall–Kier alpha value is -2.22. The molecule has 0 aromatic carbocycles. The zero-order valence-corrected chi connectivity index (χ0v) is 13.9. The van der Waals surface area contributed by atoms with Crippen LogP contribution in [0.2, 0.25) is 0 Å². The van der Waals surface area contributed by atoms with Crippen LogP contribution in [0.5, 0.6) is 0 Å². The zero-order chi connectivity index (χ0) is 16.8. The third-order valence-corrected chi connectivity index (χ3v) is 3.75. The summed E-state index contributed by atoms with van der Waals surface area (Å²) in [6.45, 7) is 5.41. The Morgan fingerprint density at radius 1 is 1.13 bits per heavy atom. The number of hydrogen-bond donors (Lipinski definition) is 1. The maximum Gasteiger partial charge on any atom is 0.257 e. The molecule has 0 saturated carbocycles. The van der Waals surface area contributed by atoms with Gasteiger partial charge in [-0.05, 0) is 14.1 Å². The molecule has 126 valence electrons. The molecule has 8 nitrogen and oxygen atoms in total. The van der Waals surface area contributed by atoms with Crippen LogP contribution in [0.1, 0.15) is 17.3 Å². The fraction of sp³-hybridized carbons (Fsp3) is 0.600. The number of carbonyl (C=O) groups is 2. The number of aromatic nitrogens is 2. The Kier molecular flexibility index (Phi) is 5.86. The summed E-state index contributed by atoms with van der Waals surface area (Å²) < 4.78 is 0. The summed E-state index contributed by atoms with van der Waals surface area (Å²) in [5.74, 6) is 0.478. The van der Waals surface area contributed by atoms with Gasteiger partial charge in [-0.25, -0.2) is 9.97 Å². The number of nitrogens with zero attached hydrogens (tertiary/aromatic N) is 5. The lowest BCUT2D eigenvalue weighted by Gasteiger charge is -2.34. The molecule has 23 heavy (non-hydrogen) atoms. The van der Waals surface area contributed by atoms with E-state index in [2.05, 4.69) is 20.2 Å². The fourth-order valence-electron chi connectivity index (χ4n) is 2.33. The van der Waals surface area contributed by atoms with Gasteiger partial charge in [-0.1, -0.05) is 0 Å². The summed E-state index contributed by atoms with van der Waals surface area (Å²) in [7, 11) is 3.99. The number of anilines is 1. The highest BCUT2D eigenvalue weighted by atomic mass is 16.2. The summed E-state index contributed by atoms with van der Waals surface area (Å²) in [6, 6.07) is 0. The summed E-state index contributed by atoms with van der Waals surface area (Å²) >= 11 is 0. The maximum atomic E-state index is 12.4. The highest BCUT2D eigenvalue weighted by Gasteiger charge is 2.23. The van der Waals surface area contributed by atoms with Gasteiger partial charge in [0.05, 0.1) is 5.56 Å². The van der Waals surface area contributed by atoms with Gasteiger partial charge in [0.25, 0.3) is 5.91 Å². The summed E-state index contributed by atoms with van der Waals surface area (Å²) in [6.07, 6.45) is 3.09. The average Bonchev–Trinajstić information content (AvgIpc) is 2.54. The second kappa shape index (κ2) is 7.87. The van der Waals surface area contributed by atoms with E-state index in [1.54, 1.807) is 29.1 Å². The number of rotatable bonds is 5. The van der Waals surface area contributed by atoms with Gasteiger partial charge < -0.3 is 20.0 Å². The van der Waals surface area contributed by atoms with Crippen LogP contribution in [-0.4, -0.2) is 89.8 Å². The van der Waals surface area contributed by atoms with Crippen molar-refractivity contribution in [1.82, 2.24) is 24.7 Å². The zero-order valence-electron chi connectivity index (χ0n) is 13.9. The summed E-state index contributed by atoms with van der Waals surface area (Å²) in [5, 5.41) is 3.11. The van der Waals surface area contributed by atoms with E-state index in [0.29, 0.717) is 37.7 Å². The summed E-state index contributed by atoms with van der Waals surface area (Å²) in [4.78, 5) is 37.6. The van der Waals surface area contributed by atoms with Crippen molar-refractivity contribution >= 4 is 17.8 Å². The topological polar surface area (TPSA) is 81.7 Å². The van der Waals surface area contributed by atoms with Crippen LogP contribution in [0.3, 0.4) is 0 Å². The minimum absolute atomic E-state index is 0.0496. The number of amides is 2. The number of carbonyl (C=O) groups excluding carboxylic acids is 2. The quantitative estimate of drug-likeness (QED) is 0.806. The number of piperazine rings is 1. The molecule has 1 saturated heterocycles. The van der Waals surface area contributed by atoms with Gasteiger partial charge in [0.1, 0.15) is 0 Å². The molecule has 0 bridgehead atoms. The molecule has 2 heterocycles. The van der Waals surface area contributed by atoms with Gasteiger partial charge >= 0.3 is 0 Å². The number of likely N-dealkylation sites (N-methyl/N-ethyl adjacent to an activating group) is 1. The Morgan fingerprint density at radius 2 is 1.70 bits per heavy atom. The second-order valence-electron chi connectivity index (χ2n) is 5.82. The largest absolute Gasteiger partial charge is 0.353 e. The molecular weight excluding hydrogens is 296 g/mol. The average molecular weight is 320 g/mol. The van der Waals surface area contributed by atoms with Crippen molar-refractivity contribution in [2.45, 2.75) is 6.92 Å². The van der Waals surface area contributed by atoms with Gasteiger partial charge in [-0.3, -0.25) is 9.59 Å². The lowest BCUT2D eigenvalue weighted by Crippen LogP contribution is -2.50. The lowest BCUT2D eigenvalue weighted by atomic mass is 10.2. The predicted octanol–water partition coefficient (Wildman–Crippen LogP) is -0.246. The minimum atomic E-state index is -0.0898. The van der Waals surface area contributed by atoms with Gasteiger partial charge in [-0.2, -0.15) is 0 Å². The first-order valence-electron chi connectivity index (χ1n) is 7.73. The van der Waals surface area contributed by atoms with E-state index in [-0.39, 0.29) is 11.8 Å². The fourth-order valence-corrected chi connectivity index (χ4v) is 2.33. The van der Waals surface area contributed by atoms with E-state index >= 15 is 0 Å². The molecule has 0 atom stereocenters. The molecule has 1 aliphatic rings. The van der Waals surface area contributed by atoms with Crippen molar-refractivity contribution in [2.24, 2.45) is 0 Å². The summed E-state index contributed by atoms with van der Waals surface area (Å²) in [5.41, 5.74) is 0.472. The van der Waals surface area contributed by atoms with Gasteiger partial charge in [0.2, 0.25) is 11.9 Å². The van der Waals surface area contributed by atoms with Crippen molar-refractivity contribution in [3.8, 4) is 0 Å². The second-order valence-corrected chi connectivity index (χ2v) is 5.82. The molecule has 2 amide bonds. The predicted molar refractivity (Wildman–Crippen MR) is 87.2 cm³/mol. The van der Waals surface area contributed by atoms with Crippen LogP contribution in [0.4, 0.5) is 5.95 Å². The van der Waals surface area contributed by atoms with Crippen LogP contribution >= 0.6 is 0 Å². The van der Waals surface area contributed by atoms with Crippen molar-refractivity contribution in [3.63, 3.8) is 0 Å². The minimum Gasteiger partial charge on any atom is -0.353 e. The Bertz CT molecular complexity index is 537. The Labute approximate surface area is 136 Å². The normalized spacial score (nSPS) is 15.0. The molecule has 0 spiro atoms. The van der Waals surface area contributed by atoms with Crippen LogP contribution in [0, 0.1) is 0 Å². The third kappa shape index (κ3) is 4.88. The van der Waals surface area contributed by atoms with Crippen molar-refractivity contribution < 1.29 is 9.59 Å². The van der Waals surface area contributed by atoms with Crippen LogP contribution < -0.4 is 5.32 Å². The van der Waals surface area contributed by atoms with Crippen molar-refractivity contribution in [1.29, 1.82) is 0 Å². The van der Waals surface area contributed by atoms with Gasteiger partial charge in [-0.15, -0.1) is 0 Å². The molecule has 1 aromatic rings. The van der Waals surface area contributed by atoms with Crippen LogP contribution in [0.15, 0.2) is 12.4 Å². The maximum absolute atomic E-state index is 12.4. The number of hydrogen-bond acceptors (Lipinski definition) is 6. The molecule has 1 fully saturated rings. The molecule has 0 aliphatic carbocycles. The molecule has 1 aliphatic heterocycles. The van der Waals surface area contributed by atoms with Gasteiger partial charge in [0.15, 0.2) is 0 Å².